The third-order valence-corrected chi connectivity index (χ3v) is 5.04. The molecule has 2 aliphatic heterocycles. The summed E-state index contributed by atoms with van der Waals surface area (Å²) < 4.78 is 26.9. The van der Waals surface area contributed by atoms with Crippen LogP contribution in [0.25, 0.3) is 6.08 Å². The molecule has 2 atom stereocenters. The number of carbonyl (C=O) groups is 1. The second kappa shape index (κ2) is 7.29. The van der Waals surface area contributed by atoms with Crippen LogP contribution in [0.2, 0.25) is 0 Å². The van der Waals surface area contributed by atoms with Crippen LogP contribution in [0.5, 0.6) is 5.75 Å². The fraction of sp³-hybridized carbons (Fsp3) is 0.333. The maximum atomic E-state index is 14.5. The van der Waals surface area contributed by atoms with Crippen LogP contribution in [0.15, 0.2) is 24.3 Å². The van der Waals surface area contributed by atoms with Crippen LogP contribution in [-0.2, 0) is 4.74 Å². The Labute approximate surface area is 161 Å². The lowest BCUT2D eigenvalue weighted by molar-refractivity contribution is 0.0238. The van der Waals surface area contributed by atoms with E-state index in [1.165, 1.54) is 18.1 Å². The molecule has 1 fully saturated rings. The molecule has 2 aliphatic rings. The number of primary amides is 1. The van der Waals surface area contributed by atoms with Gasteiger partial charge in [0.1, 0.15) is 17.1 Å². The number of anilines is 2. The Morgan fingerprint density at radius 2 is 2.32 bits per heavy atom. The first-order chi connectivity index (χ1) is 13.4. The summed E-state index contributed by atoms with van der Waals surface area (Å²) in [5.41, 5.74) is 6.36. The van der Waals surface area contributed by atoms with Gasteiger partial charge in [-0.25, -0.2) is 4.39 Å². The predicted octanol–water partition coefficient (Wildman–Crippen LogP) is 1.89. The number of fused-ring (bicyclic) bond motifs is 1. The van der Waals surface area contributed by atoms with E-state index in [1.54, 1.807) is 17.0 Å². The molecule has 4 N–H and O–H groups in total. The van der Waals surface area contributed by atoms with E-state index in [2.05, 4.69) is 17.3 Å². The number of aromatic nitrogens is 2. The highest BCUT2D eigenvalue weighted by Crippen LogP contribution is 2.33. The molecule has 0 bridgehead atoms. The van der Waals surface area contributed by atoms with E-state index in [0.717, 1.165) is 6.42 Å². The second-order valence-corrected chi connectivity index (χ2v) is 7.01. The van der Waals surface area contributed by atoms with Crippen LogP contribution in [0.4, 0.5) is 15.9 Å². The summed E-state index contributed by atoms with van der Waals surface area (Å²) in [4.78, 5) is 11.9. The first kappa shape index (κ1) is 18.5. The van der Waals surface area contributed by atoms with Crippen LogP contribution in [0, 0.1) is 11.7 Å². The normalized spacial score (nSPS) is 21.2. The molecule has 8 nitrogen and oxygen atoms in total. The highest BCUT2D eigenvalue weighted by molar-refractivity contribution is 6.51. The highest BCUT2D eigenvalue weighted by atomic mass is 19.1. The van der Waals surface area contributed by atoms with Gasteiger partial charge in [-0.3, -0.25) is 9.48 Å². The van der Waals surface area contributed by atoms with Gasteiger partial charge in [0.2, 0.25) is 0 Å². The van der Waals surface area contributed by atoms with E-state index in [-0.39, 0.29) is 28.9 Å². The number of rotatable bonds is 4. The van der Waals surface area contributed by atoms with Crippen LogP contribution in [0.3, 0.4) is 0 Å². The maximum absolute atomic E-state index is 14.5. The van der Waals surface area contributed by atoms with Gasteiger partial charge >= 0.3 is 7.12 Å². The van der Waals surface area contributed by atoms with E-state index >= 15 is 0 Å². The molecule has 10 heteroatoms. The molecule has 0 saturated carbocycles. The van der Waals surface area contributed by atoms with Gasteiger partial charge in [-0.05, 0) is 24.4 Å². The number of amides is 1. The smallest absolute Gasteiger partial charge is 0.532 e. The molecule has 28 heavy (non-hydrogen) atoms. The van der Waals surface area contributed by atoms with E-state index in [0.29, 0.717) is 24.7 Å². The molecule has 0 radical (unpaired) electrons. The minimum atomic E-state index is -1.11. The van der Waals surface area contributed by atoms with Crippen molar-refractivity contribution < 1.29 is 23.6 Å². The average Bonchev–Trinajstić information content (AvgIpc) is 3.07. The largest absolute Gasteiger partial charge is 0.552 e. The van der Waals surface area contributed by atoms with Crippen molar-refractivity contribution >= 4 is 30.6 Å². The quantitative estimate of drug-likeness (QED) is 0.692. The average molecular weight is 386 g/mol. The van der Waals surface area contributed by atoms with Crippen LogP contribution in [-0.4, -0.2) is 41.0 Å². The highest BCUT2D eigenvalue weighted by Gasteiger charge is 2.27. The van der Waals surface area contributed by atoms with E-state index in [1.807, 2.05) is 0 Å². The standard InChI is InChI=1S/C18H20BFN4O4/c1-10-3-5-27-9-15(10)24-8-12(17(21)25)18(23-24)22-14-6-11-2-4-19(26)28-16(11)7-13(14)20/h2,4,6-8,10,15,26H,3,5,9H2,1H3,(H2,21,25)(H,22,23)/t10-,15?/m0/s1. The summed E-state index contributed by atoms with van der Waals surface area (Å²) in [5, 5.41) is 16.8. The number of carbonyl (C=O) groups excluding carboxylic acids is 1. The van der Waals surface area contributed by atoms with Gasteiger partial charge in [0, 0.05) is 24.4 Å². The zero-order chi connectivity index (χ0) is 19.8. The van der Waals surface area contributed by atoms with Gasteiger partial charge in [0.25, 0.3) is 5.91 Å². The Bertz CT molecular complexity index is 948. The predicted molar refractivity (Wildman–Crippen MR) is 102 cm³/mol. The molecule has 3 heterocycles. The third kappa shape index (κ3) is 3.48. The molecule has 2 aromatic rings. The van der Waals surface area contributed by atoms with Crippen molar-refractivity contribution in [1.29, 1.82) is 0 Å². The van der Waals surface area contributed by atoms with Crippen LogP contribution < -0.4 is 15.7 Å². The first-order valence-electron chi connectivity index (χ1n) is 9.02. The van der Waals surface area contributed by atoms with Gasteiger partial charge in [0.05, 0.1) is 18.3 Å². The molecule has 1 aromatic heterocycles. The lowest BCUT2D eigenvalue weighted by Gasteiger charge is -2.28. The van der Waals surface area contributed by atoms with Crippen LogP contribution >= 0.6 is 0 Å². The summed E-state index contributed by atoms with van der Waals surface area (Å²) >= 11 is 0. The summed E-state index contributed by atoms with van der Waals surface area (Å²) in [5.74, 6) is 0.884. The number of nitrogens with two attached hydrogens (primary N) is 1. The van der Waals surface area contributed by atoms with E-state index < -0.39 is 18.8 Å². The molecular formula is C18H20BFN4O4. The lowest BCUT2D eigenvalue weighted by Crippen LogP contribution is -2.28. The Balaban J connectivity index is 1.67. The van der Waals surface area contributed by atoms with Gasteiger partial charge in [-0.1, -0.05) is 13.0 Å². The minimum absolute atomic E-state index is 0.0337. The zero-order valence-electron chi connectivity index (χ0n) is 15.3. The summed E-state index contributed by atoms with van der Waals surface area (Å²) in [6.07, 6.45) is 4.08. The van der Waals surface area contributed by atoms with E-state index in [9.17, 15) is 14.2 Å². The van der Waals surface area contributed by atoms with Gasteiger partial charge < -0.3 is 25.5 Å². The minimum Gasteiger partial charge on any atom is -0.532 e. The topological polar surface area (TPSA) is 112 Å². The Hall–Kier alpha value is -2.85. The maximum Gasteiger partial charge on any atom is 0.552 e. The fourth-order valence-electron chi connectivity index (χ4n) is 3.38. The van der Waals surface area contributed by atoms with Crippen molar-refractivity contribution in [3.05, 3.63) is 41.2 Å². The molecule has 1 aromatic carbocycles. The van der Waals surface area contributed by atoms with Gasteiger partial charge in [0.15, 0.2) is 5.82 Å². The SMILES string of the molecule is C[C@H]1CCOCC1n1cc(C(N)=O)c(Nc2cc3c(cc2F)OB(O)C=C3)n1. The number of nitrogens with zero attached hydrogens (tertiary/aromatic N) is 2. The fourth-order valence-corrected chi connectivity index (χ4v) is 3.38. The van der Waals surface area contributed by atoms with Gasteiger partial charge in [-0.2, -0.15) is 5.10 Å². The second-order valence-electron chi connectivity index (χ2n) is 7.01. The zero-order valence-corrected chi connectivity index (χ0v) is 15.3. The Morgan fingerprint density at radius 3 is 3.07 bits per heavy atom. The number of hydrogen-bond acceptors (Lipinski definition) is 6. The molecule has 0 aliphatic carbocycles. The van der Waals surface area contributed by atoms with Crippen molar-refractivity contribution in [3.63, 3.8) is 0 Å². The number of nitrogens with one attached hydrogen (secondary N) is 1. The summed E-state index contributed by atoms with van der Waals surface area (Å²) in [6, 6.07) is 2.65. The summed E-state index contributed by atoms with van der Waals surface area (Å²) in [7, 11) is -1.11. The number of halogens is 1. The van der Waals surface area contributed by atoms with E-state index in [4.69, 9.17) is 15.1 Å². The van der Waals surface area contributed by atoms with Crippen molar-refractivity contribution in [2.75, 3.05) is 18.5 Å². The molecule has 1 saturated heterocycles. The van der Waals surface area contributed by atoms with Crippen LogP contribution in [0.1, 0.15) is 35.3 Å². The molecular weight excluding hydrogens is 366 g/mol. The number of benzene rings is 1. The lowest BCUT2D eigenvalue weighted by atomic mass is 9.86. The van der Waals surface area contributed by atoms with Crippen molar-refractivity contribution in [2.24, 2.45) is 11.7 Å². The molecule has 1 unspecified atom stereocenters. The molecule has 1 amide bonds. The third-order valence-electron chi connectivity index (χ3n) is 5.04. The number of hydrogen-bond donors (Lipinski definition) is 3. The Morgan fingerprint density at radius 1 is 1.50 bits per heavy atom. The summed E-state index contributed by atoms with van der Waals surface area (Å²) in [6.45, 7) is 3.27. The molecule has 0 spiro atoms. The van der Waals surface area contributed by atoms with Crippen molar-refractivity contribution in [2.45, 2.75) is 19.4 Å². The molecule has 4 rings (SSSR count). The monoisotopic (exact) mass is 386 g/mol. The van der Waals surface area contributed by atoms with Gasteiger partial charge in [-0.15, -0.1) is 0 Å². The van der Waals surface area contributed by atoms with Crippen molar-refractivity contribution in [3.8, 4) is 5.75 Å². The first-order valence-corrected chi connectivity index (χ1v) is 9.02. The Kier molecular flexibility index (Phi) is 4.82. The number of ether oxygens (including phenoxy) is 1. The molecule has 146 valence electrons. The van der Waals surface area contributed by atoms with Crippen molar-refractivity contribution in [1.82, 2.24) is 9.78 Å².